The van der Waals surface area contributed by atoms with E-state index in [0.29, 0.717) is 0 Å². The monoisotopic (exact) mass is 301 g/mol. The Hall–Kier alpha value is -1.71. The molecule has 4 heteroatoms. The molecule has 0 saturated carbocycles. The number of rotatable bonds is 2. The number of piperidine rings is 1. The van der Waals surface area contributed by atoms with Gasteiger partial charge in [0.15, 0.2) is 0 Å². The normalized spacial score (nSPS) is 20.4. The first-order chi connectivity index (χ1) is 10.6. The lowest BCUT2D eigenvalue weighted by Gasteiger charge is -2.36. The van der Waals surface area contributed by atoms with Crippen LogP contribution in [0.5, 0.6) is 0 Å². The van der Waals surface area contributed by atoms with Gasteiger partial charge in [-0.05, 0) is 43.0 Å². The van der Waals surface area contributed by atoms with Crippen molar-refractivity contribution in [3.63, 3.8) is 0 Å². The molecule has 22 heavy (non-hydrogen) atoms. The first kappa shape index (κ1) is 15.2. The van der Waals surface area contributed by atoms with E-state index in [1.54, 1.807) is 6.92 Å². The second kappa shape index (κ2) is 6.59. The lowest BCUT2D eigenvalue weighted by atomic mass is 9.99. The van der Waals surface area contributed by atoms with Crippen molar-refractivity contribution in [1.29, 1.82) is 0 Å². The van der Waals surface area contributed by atoms with Crippen LogP contribution in [0.25, 0.3) is 0 Å². The number of nitrogens with zero attached hydrogens (tertiary/aromatic N) is 3. The number of benzene rings is 1. The number of hydrogen-bond donors (Lipinski definition) is 0. The molecule has 1 aromatic rings. The Balaban J connectivity index is 1.59. The van der Waals surface area contributed by atoms with Crippen LogP contribution in [0.4, 0.5) is 11.4 Å². The summed E-state index contributed by atoms with van der Waals surface area (Å²) in [6.45, 7) is 9.89. The maximum absolute atomic E-state index is 11.4. The molecule has 0 unspecified atom stereocenters. The maximum atomic E-state index is 11.4. The highest BCUT2D eigenvalue weighted by Gasteiger charge is 2.19. The topological polar surface area (TPSA) is 26.8 Å². The predicted molar refractivity (Wildman–Crippen MR) is 91.5 cm³/mol. The summed E-state index contributed by atoms with van der Waals surface area (Å²) in [7, 11) is 0. The smallest absolute Gasteiger partial charge is 0.219 e. The average Bonchev–Trinajstić information content (AvgIpc) is 2.56. The lowest BCUT2D eigenvalue weighted by Crippen LogP contribution is -2.48. The number of piperazine rings is 1. The molecule has 0 N–H and O–H groups in total. The number of carbonyl (C=O) groups excluding carboxylic acids is 1. The van der Waals surface area contributed by atoms with E-state index in [2.05, 4.69) is 41.0 Å². The third-order valence-corrected chi connectivity index (χ3v) is 5.09. The van der Waals surface area contributed by atoms with Crippen molar-refractivity contribution in [2.45, 2.75) is 26.7 Å². The zero-order valence-electron chi connectivity index (χ0n) is 13.8. The second-order valence-electron chi connectivity index (χ2n) is 6.68. The molecule has 0 aliphatic carbocycles. The summed E-state index contributed by atoms with van der Waals surface area (Å²) in [5.41, 5.74) is 2.62. The van der Waals surface area contributed by atoms with Gasteiger partial charge in [-0.2, -0.15) is 0 Å². The molecule has 2 heterocycles. The number of anilines is 2. The van der Waals surface area contributed by atoms with Gasteiger partial charge in [-0.15, -0.1) is 0 Å². The Kier molecular flexibility index (Phi) is 4.55. The van der Waals surface area contributed by atoms with Crippen molar-refractivity contribution in [3.05, 3.63) is 24.3 Å². The van der Waals surface area contributed by atoms with Crippen molar-refractivity contribution in [3.8, 4) is 0 Å². The molecule has 1 aromatic carbocycles. The van der Waals surface area contributed by atoms with Crippen LogP contribution in [0.2, 0.25) is 0 Å². The highest BCUT2D eigenvalue weighted by atomic mass is 16.2. The van der Waals surface area contributed by atoms with E-state index in [1.165, 1.54) is 37.3 Å². The Morgan fingerprint density at radius 1 is 0.864 bits per heavy atom. The van der Waals surface area contributed by atoms with Crippen molar-refractivity contribution < 1.29 is 4.79 Å². The summed E-state index contributed by atoms with van der Waals surface area (Å²) in [6, 6.07) is 8.97. The second-order valence-corrected chi connectivity index (χ2v) is 6.68. The third kappa shape index (κ3) is 3.37. The lowest BCUT2D eigenvalue weighted by molar-refractivity contribution is -0.129. The van der Waals surface area contributed by atoms with Gasteiger partial charge in [0.1, 0.15) is 0 Å². The molecule has 2 aliphatic rings. The van der Waals surface area contributed by atoms with Gasteiger partial charge in [0.25, 0.3) is 0 Å². The Labute approximate surface area is 133 Å². The van der Waals surface area contributed by atoms with E-state index in [9.17, 15) is 4.79 Å². The SMILES string of the molecule is CC(=O)N1CCN(c2ccc(N3CCC(C)CC3)cc2)CC1. The van der Waals surface area contributed by atoms with Gasteiger partial charge in [-0.1, -0.05) is 6.92 Å². The molecule has 2 aliphatic heterocycles. The molecule has 0 aromatic heterocycles. The Bertz CT molecular complexity index is 498. The zero-order chi connectivity index (χ0) is 15.5. The summed E-state index contributed by atoms with van der Waals surface area (Å²) < 4.78 is 0. The van der Waals surface area contributed by atoms with E-state index in [4.69, 9.17) is 0 Å². The van der Waals surface area contributed by atoms with Crippen LogP contribution in [-0.4, -0.2) is 50.1 Å². The van der Waals surface area contributed by atoms with Gasteiger partial charge in [-0.3, -0.25) is 4.79 Å². The maximum Gasteiger partial charge on any atom is 0.219 e. The molecule has 0 bridgehead atoms. The summed E-state index contributed by atoms with van der Waals surface area (Å²) in [6.07, 6.45) is 2.60. The van der Waals surface area contributed by atoms with Gasteiger partial charge in [0, 0.05) is 57.6 Å². The number of carbonyl (C=O) groups is 1. The predicted octanol–water partition coefficient (Wildman–Crippen LogP) is 2.59. The highest BCUT2D eigenvalue weighted by Crippen LogP contribution is 2.25. The molecule has 2 saturated heterocycles. The Morgan fingerprint density at radius 3 is 1.77 bits per heavy atom. The van der Waals surface area contributed by atoms with Gasteiger partial charge in [0.05, 0.1) is 0 Å². The van der Waals surface area contributed by atoms with Crippen LogP contribution < -0.4 is 9.80 Å². The molecule has 4 nitrogen and oxygen atoms in total. The molecule has 0 atom stereocenters. The van der Waals surface area contributed by atoms with Crippen molar-refractivity contribution in [1.82, 2.24) is 4.90 Å². The molecule has 1 amide bonds. The van der Waals surface area contributed by atoms with Crippen LogP contribution in [-0.2, 0) is 4.79 Å². The fraction of sp³-hybridized carbons (Fsp3) is 0.611. The molecule has 2 fully saturated rings. The summed E-state index contributed by atoms with van der Waals surface area (Å²) >= 11 is 0. The first-order valence-corrected chi connectivity index (χ1v) is 8.49. The van der Waals surface area contributed by atoms with E-state index >= 15 is 0 Å². The van der Waals surface area contributed by atoms with Gasteiger partial charge in [-0.25, -0.2) is 0 Å². The van der Waals surface area contributed by atoms with E-state index in [1.807, 2.05) is 4.90 Å². The summed E-state index contributed by atoms with van der Waals surface area (Å²) in [5.74, 6) is 1.06. The van der Waals surface area contributed by atoms with Crippen molar-refractivity contribution in [2.75, 3.05) is 49.1 Å². The van der Waals surface area contributed by atoms with Crippen LogP contribution in [0.1, 0.15) is 26.7 Å². The quantitative estimate of drug-likeness (QED) is 0.840. The standard InChI is InChI=1S/C18H27N3O/c1-15-7-9-20(10-8-15)17-3-5-18(6-4-17)21-13-11-19(12-14-21)16(2)22/h3-6,15H,7-14H2,1-2H3. The molecule has 120 valence electrons. The van der Waals surface area contributed by atoms with Gasteiger partial charge >= 0.3 is 0 Å². The molecular weight excluding hydrogens is 274 g/mol. The van der Waals surface area contributed by atoms with Crippen LogP contribution >= 0.6 is 0 Å². The van der Waals surface area contributed by atoms with E-state index < -0.39 is 0 Å². The van der Waals surface area contributed by atoms with Crippen LogP contribution in [0, 0.1) is 5.92 Å². The van der Waals surface area contributed by atoms with E-state index in [-0.39, 0.29) is 5.91 Å². The average molecular weight is 301 g/mol. The van der Waals surface area contributed by atoms with Gasteiger partial charge in [0.2, 0.25) is 5.91 Å². The Morgan fingerprint density at radius 2 is 1.32 bits per heavy atom. The van der Waals surface area contributed by atoms with Gasteiger partial charge < -0.3 is 14.7 Å². The highest BCUT2D eigenvalue weighted by molar-refractivity contribution is 5.73. The van der Waals surface area contributed by atoms with E-state index in [0.717, 1.165) is 32.1 Å². The molecule has 0 radical (unpaired) electrons. The third-order valence-electron chi connectivity index (χ3n) is 5.09. The van der Waals surface area contributed by atoms with Crippen molar-refractivity contribution in [2.24, 2.45) is 5.92 Å². The largest absolute Gasteiger partial charge is 0.372 e. The molecule has 3 rings (SSSR count). The fourth-order valence-corrected chi connectivity index (χ4v) is 3.42. The van der Waals surface area contributed by atoms with Crippen molar-refractivity contribution >= 4 is 17.3 Å². The minimum atomic E-state index is 0.189. The summed E-state index contributed by atoms with van der Waals surface area (Å²) in [4.78, 5) is 18.2. The minimum Gasteiger partial charge on any atom is -0.372 e. The number of amides is 1. The first-order valence-electron chi connectivity index (χ1n) is 8.49. The summed E-state index contributed by atoms with van der Waals surface area (Å²) in [5, 5.41) is 0. The molecule has 0 spiro atoms. The van der Waals surface area contributed by atoms with Crippen LogP contribution in [0.15, 0.2) is 24.3 Å². The number of hydrogen-bond acceptors (Lipinski definition) is 3. The minimum absolute atomic E-state index is 0.189. The fourth-order valence-electron chi connectivity index (χ4n) is 3.42. The molecular formula is C18H27N3O. The zero-order valence-corrected chi connectivity index (χ0v) is 13.8. The van der Waals surface area contributed by atoms with Crippen LogP contribution in [0.3, 0.4) is 0 Å².